The van der Waals surface area contributed by atoms with E-state index in [0.29, 0.717) is 0 Å². The van der Waals surface area contributed by atoms with Crippen LogP contribution in [-0.4, -0.2) is 108 Å². The van der Waals surface area contributed by atoms with Crippen LogP contribution in [0.1, 0.15) is 40.3 Å². The minimum atomic E-state index is -5.01. The predicted octanol–water partition coefficient (Wildman–Crippen LogP) is 0.412. The van der Waals surface area contributed by atoms with Crippen molar-refractivity contribution in [1.82, 2.24) is 24.6 Å². The van der Waals surface area contributed by atoms with E-state index < -0.39 is 88.5 Å². The molecule has 0 aromatic carbocycles. The summed E-state index contributed by atoms with van der Waals surface area (Å²) in [6.45, 7) is 5.86. The first-order chi connectivity index (χ1) is 19.5. The molecule has 0 radical (unpaired) electrons. The monoisotopic (exact) mass is 672 g/mol. The molecule has 43 heavy (non-hydrogen) atoms. The Bertz CT molecular complexity index is 1530. The first-order valence-corrected chi connectivity index (χ1v) is 18.4. The van der Waals surface area contributed by atoms with Gasteiger partial charge in [-0.2, -0.15) is 5.06 Å². The molecule has 2 aliphatic heterocycles. The molecule has 4 rings (SSSR count). The Morgan fingerprint density at radius 1 is 1.12 bits per heavy atom. The molecule has 0 bridgehead atoms. The normalized spacial score (nSPS) is 30.2. The van der Waals surface area contributed by atoms with Gasteiger partial charge in [0.1, 0.15) is 35.9 Å². The van der Waals surface area contributed by atoms with Crippen LogP contribution in [0.4, 0.5) is 5.82 Å². The van der Waals surface area contributed by atoms with Gasteiger partial charge in [0.05, 0.1) is 24.4 Å². The number of hydrogen-bond acceptors (Lipinski definition) is 14. The largest absolute Gasteiger partial charge is 0.456 e. The van der Waals surface area contributed by atoms with Gasteiger partial charge < -0.3 is 49.6 Å². The van der Waals surface area contributed by atoms with Crippen molar-refractivity contribution in [2.75, 3.05) is 24.1 Å². The van der Waals surface area contributed by atoms with Gasteiger partial charge in [-0.1, -0.05) is 0 Å². The van der Waals surface area contributed by atoms with Gasteiger partial charge in [0.2, 0.25) is 7.37 Å². The molecule has 8 N–H and O–H groups in total. The van der Waals surface area contributed by atoms with Crippen molar-refractivity contribution in [3.8, 4) is 0 Å². The summed E-state index contributed by atoms with van der Waals surface area (Å²) in [7, 11) is -14.8. The Morgan fingerprint density at radius 2 is 1.77 bits per heavy atom. The summed E-state index contributed by atoms with van der Waals surface area (Å²) < 4.78 is 53.9. The van der Waals surface area contributed by atoms with Gasteiger partial charge in [-0.3, -0.25) is 23.1 Å². The summed E-state index contributed by atoms with van der Waals surface area (Å²) in [5.41, 5.74) is 4.28. The maximum absolute atomic E-state index is 13.4. The second kappa shape index (κ2) is 11.5. The number of fused-ring (bicyclic) bond motifs is 1. The minimum Gasteiger partial charge on any atom is -0.456 e. The first-order valence-electron chi connectivity index (χ1n) is 12.8. The molecule has 2 aromatic rings. The molecule has 2 aliphatic rings. The fourth-order valence-corrected chi connectivity index (χ4v) is 11.9. The van der Waals surface area contributed by atoms with E-state index in [-0.39, 0.29) is 23.4 Å². The van der Waals surface area contributed by atoms with Crippen molar-refractivity contribution in [3.05, 3.63) is 12.7 Å². The third-order valence-corrected chi connectivity index (χ3v) is 14.4. The molecule has 0 aliphatic carbocycles. The zero-order valence-corrected chi connectivity index (χ0v) is 26.2. The summed E-state index contributed by atoms with van der Waals surface area (Å²) in [6, 6.07) is 0. The number of anilines is 1. The van der Waals surface area contributed by atoms with E-state index >= 15 is 0 Å². The number of carbonyl (C=O) groups excluding carboxylic acids is 1. The number of hydroxylamine groups is 2. The fraction of sp³-hybridized carbons (Fsp3) is 0.714. The van der Waals surface area contributed by atoms with Crippen LogP contribution in [0, 0.1) is 5.92 Å². The minimum absolute atomic E-state index is 0.0312. The number of ether oxygens (including phenoxy) is 2. The molecular weight excluding hydrogens is 637 g/mol. The smallest absolute Gasteiger partial charge is 0.337 e. The van der Waals surface area contributed by atoms with E-state index in [2.05, 4.69) is 15.0 Å². The van der Waals surface area contributed by atoms with Crippen molar-refractivity contribution in [1.29, 1.82) is 0 Å². The van der Waals surface area contributed by atoms with Crippen molar-refractivity contribution in [2.45, 2.75) is 69.7 Å². The van der Waals surface area contributed by atoms with Gasteiger partial charge in [0.15, 0.2) is 23.8 Å². The zero-order valence-electron chi connectivity index (χ0n) is 23.6. The van der Waals surface area contributed by atoms with E-state index in [1.807, 2.05) is 0 Å². The Balaban J connectivity index is 1.60. The lowest BCUT2D eigenvalue weighted by Crippen LogP contribution is -2.49. The van der Waals surface area contributed by atoms with Crippen LogP contribution >= 0.6 is 22.6 Å². The zero-order chi connectivity index (χ0) is 32.3. The lowest BCUT2D eigenvalue weighted by atomic mass is 9.87. The molecule has 0 saturated carbocycles. The molecule has 22 heteroatoms. The van der Waals surface area contributed by atoms with Crippen LogP contribution in [0.25, 0.3) is 11.2 Å². The van der Waals surface area contributed by atoms with E-state index in [1.165, 1.54) is 10.9 Å². The Hall–Kier alpha value is -1.85. The average molecular weight is 672 g/mol. The number of hydrogen-bond donors (Lipinski definition) is 7. The molecule has 0 spiro atoms. The highest BCUT2D eigenvalue weighted by Gasteiger charge is 2.57. The summed E-state index contributed by atoms with van der Waals surface area (Å²) in [5, 5.41) is 23.0. The number of rotatable bonds is 10. The van der Waals surface area contributed by atoms with Crippen LogP contribution in [-0.2, 0) is 32.5 Å². The van der Waals surface area contributed by atoms with Gasteiger partial charge in [0, 0.05) is 5.54 Å². The van der Waals surface area contributed by atoms with Gasteiger partial charge in [0.25, 0.3) is 0 Å². The number of imidazole rings is 1. The first kappa shape index (κ1) is 34.0. The second-order valence-corrected chi connectivity index (χ2v) is 18.6. The van der Waals surface area contributed by atoms with E-state index in [0.717, 1.165) is 11.4 Å². The van der Waals surface area contributed by atoms with Crippen molar-refractivity contribution >= 4 is 45.5 Å². The SMILES string of the molecule is CC1(C)CC(C(=O)O[C@H]2[C@@H](O)[C@H](n3cnc4c(N)ncnc43)O[C@@H]2COP(=O)(O)CP(=O)(O)CP(=O)(O)O)C(C)(C)N1O. The number of aliphatic hydroxyl groups excluding tert-OH is 1. The van der Waals surface area contributed by atoms with Gasteiger partial charge in [-0.15, -0.1) is 0 Å². The summed E-state index contributed by atoms with van der Waals surface area (Å²) in [6.07, 6.45) is -3.38. The molecule has 4 heterocycles. The van der Waals surface area contributed by atoms with Gasteiger partial charge >= 0.3 is 21.2 Å². The molecule has 242 valence electrons. The number of nitrogen functional groups attached to an aromatic ring is 1. The number of aromatic nitrogens is 4. The number of nitrogens with two attached hydrogens (primary N) is 1. The predicted molar refractivity (Wildman–Crippen MR) is 147 cm³/mol. The van der Waals surface area contributed by atoms with Crippen LogP contribution in [0.5, 0.6) is 0 Å². The van der Waals surface area contributed by atoms with E-state index in [1.54, 1.807) is 27.7 Å². The fourth-order valence-electron chi connectivity index (χ4n) is 5.48. The van der Waals surface area contributed by atoms with E-state index in [9.17, 15) is 38.6 Å². The Morgan fingerprint density at radius 3 is 2.35 bits per heavy atom. The topological polar surface area (TPSA) is 290 Å². The average Bonchev–Trinajstić information content (AvgIpc) is 3.44. The number of nitrogens with zero attached hydrogens (tertiary/aromatic N) is 5. The number of carbonyl (C=O) groups is 1. The Labute approximate surface area is 245 Å². The van der Waals surface area contributed by atoms with Gasteiger partial charge in [-0.05, 0) is 34.1 Å². The number of esters is 1. The summed E-state index contributed by atoms with van der Waals surface area (Å²) in [4.78, 5) is 63.6. The molecule has 3 unspecified atom stereocenters. The molecular formula is C21H35N6O13P3. The highest BCUT2D eigenvalue weighted by molar-refractivity contribution is 7.79. The van der Waals surface area contributed by atoms with Crippen molar-refractivity contribution < 1.29 is 62.4 Å². The molecule has 2 aromatic heterocycles. The summed E-state index contributed by atoms with van der Waals surface area (Å²) in [5.74, 6) is -4.68. The quantitative estimate of drug-likeness (QED) is 0.133. The van der Waals surface area contributed by atoms with Crippen LogP contribution in [0.2, 0.25) is 0 Å². The molecule has 7 atom stereocenters. The molecule has 19 nitrogen and oxygen atoms in total. The maximum atomic E-state index is 13.4. The molecule has 0 amide bonds. The van der Waals surface area contributed by atoms with Gasteiger partial charge in [-0.25, -0.2) is 15.0 Å². The second-order valence-electron chi connectivity index (χ2n) is 11.8. The highest BCUT2D eigenvalue weighted by Crippen LogP contribution is 2.63. The van der Waals surface area contributed by atoms with Crippen LogP contribution in [0.3, 0.4) is 0 Å². The lowest BCUT2D eigenvalue weighted by molar-refractivity contribution is -0.202. The van der Waals surface area contributed by atoms with Crippen LogP contribution < -0.4 is 5.73 Å². The van der Waals surface area contributed by atoms with E-state index in [4.69, 9.17) is 29.5 Å². The summed E-state index contributed by atoms with van der Waals surface area (Å²) >= 11 is 0. The van der Waals surface area contributed by atoms with Crippen LogP contribution in [0.15, 0.2) is 12.7 Å². The molecule has 2 fully saturated rings. The Kier molecular flexibility index (Phi) is 9.10. The molecule has 2 saturated heterocycles. The highest BCUT2D eigenvalue weighted by atomic mass is 31.3. The standard InChI is InChI=1S/C21H35N6O13P3/c1-20(2)5-11(21(3,4)27(20)30)19(29)40-15-12(6-38-43(36,37)10-41(31,32)9-42(33,34)35)39-18(14(15)28)26-8-25-13-16(22)23-7-24-17(13)26/h7-8,11-12,14-15,18,28,30H,5-6,9-10H2,1-4H3,(H,31,32)(H,36,37)(H2,22,23,24)(H2,33,34,35)/t11?,12-,14-,15-,18-/m1/s1. The van der Waals surface area contributed by atoms with Crippen molar-refractivity contribution in [3.63, 3.8) is 0 Å². The third kappa shape index (κ3) is 7.19. The maximum Gasteiger partial charge on any atom is 0.337 e. The third-order valence-electron chi connectivity index (χ3n) is 7.43. The lowest BCUT2D eigenvalue weighted by Gasteiger charge is -2.35. The number of aliphatic hydroxyl groups is 1. The van der Waals surface area contributed by atoms with Crippen molar-refractivity contribution in [2.24, 2.45) is 5.92 Å².